The molecule has 6 heavy (non-hydrogen) atoms. The van der Waals surface area contributed by atoms with E-state index in [0.29, 0.717) is 0 Å². The average molecular weight is 326 g/mol. The fourth-order valence-corrected chi connectivity index (χ4v) is 0. The topological polar surface area (TPSA) is 0 Å². The standard InChI is InChI=1S/C3H7.Al.2HI/c1-3-2;;;/h1,3H2,2H3;;2*1H. The van der Waals surface area contributed by atoms with Crippen LogP contribution in [0, 0.1) is 0 Å². The lowest BCUT2D eigenvalue weighted by molar-refractivity contribution is 1.08. The van der Waals surface area contributed by atoms with E-state index in [0.717, 1.165) is 0 Å². The summed E-state index contributed by atoms with van der Waals surface area (Å²) in [5.41, 5.74) is 0. The molecular weight excluding hydrogens is 317 g/mol. The van der Waals surface area contributed by atoms with Crippen molar-refractivity contribution in [3.05, 3.63) is 0 Å². The van der Waals surface area contributed by atoms with Crippen molar-refractivity contribution in [3.63, 3.8) is 0 Å². The van der Waals surface area contributed by atoms with Crippen LogP contribution in [-0.2, 0) is 0 Å². The second-order valence-electron chi connectivity index (χ2n) is 0.789. The summed E-state index contributed by atoms with van der Waals surface area (Å²) in [6.45, 7) is 2.16. The smallest absolute Gasteiger partial charge is 0.118 e. The molecule has 0 spiro atoms. The van der Waals surface area contributed by atoms with Crippen LogP contribution in [0.25, 0.3) is 0 Å². The molecule has 0 aliphatic heterocycles. The maximum Gasteiger partial charge on any atom is 0.118 e. The van der Waals surface area contributed by atoms with Crippen LogP contribution in [0.2, 0.25) is 5.28 Å². The van der Waals surface area contributed by atoms with Crippen molar-refractivity contribution in [1.29, 1.82) is 0 Å². The van der Waals surface area contributed by atoms with Crippen LogP contribution in [0.15, 0.2) is 0 Å². The third-order valence-corrected chi connectivity index (χ3v) is 0.866. The van der Waals surface area contributed by atoms with Crippen molar-refractivity contribution >= 4 is 64.2 Å². The van der Waals surface area contributed by atoms with Crippen LogP contribution >= 0.6 is 48.0 Å². The third kappa shape index (κ3) is 16.7. The zero-order valence-corrected chi connectivity index (χ0v) is 9.62. The minimum Gasteiger partial charge on any atom is -0.118 e. The van der Waals surface area contributed by atoms with E-state index < -0.39 is 0 Å². The van der Waals surface area contributed by atoms with Gasteiger partial charge in [0.25, 0.3) is 0 Å². The Bertz CT molecular complexity index is 10.8. The van der Waals surface area contributed by atoms with Crippen LogP contribution in [-0.4, -0.2) is 16.3 Å². The largest absolute Gasteiger partial charge is 0.118 e. The molecule has 0 aliphatic carbocycles. The van der Waals surface area contributed by atoms with Crippen LogP contribution in [0.3, 0.4) is 0 Å². The second-order valence-corrected chi connectivity index (χ2v) is 1.37. The first-order valence-corrected chi connectivity index (χ1v) is 2.43. The van der Waals surface area contributed by atoms with Gasteiger partial charge in [-0.1, -0.05) is 13.3 Å². The van der Waals surface area contributed by atoms with E-state index in [-0.39, 0.29) is 48.0 Å². The van der Waals surface area contributed by atoms with Gasteiger partial charge < -0.3 is 0 Å². The van der Waals surface area contributed by atoms with Crippen LogP contribution in [0.1, 0.15) is 13.3 Å². The highest BCUT2D eigenvalue weighted by Crippen LogP contribution is 1.73. The Hall–Kier alpha value is 1.99. The van der Waals surface area contributed by atoms with Gasteiger partial charge in [-0.2, -0.15) is 0 Å². The summed E-state index contributed by atoms with van der Waals surface area (Å²) in [5.74, 6) is 0. The SMILES string of the molecule is CC[CH2][Al].I.I. The molecule has 38 valence electrons. The van der Waals surface area contributed by atoms with Gasteiger partial charge in [0.1, 0.15) is 16.3 Å². The Morgan fingerprint density at radius 1 is 1.33 bits per heavy atom. The minimum atomic E-state index is 0. The van der Waals surface area contributed by atoms with E-state index in [9.17, 15) is 0 Å². The summed E-state index contributed by atoms with van der Waals surface area (Å²) in [6.07, 6.45) is 1.28. The highest BCUT2D eigenvalue weighted by atomic mass is 127. The van der Waals surface area contributed by atoms with Gasteiger partial charge in [0.15, 0.2) is 0 Å². The molecule has 2 radical (unpaired) electrons. The summed E-state index contributed by atoms with van der Waals surface area (Å²) in [4.78, 5) is 0. The van der Waals surface area contributed by atoms with Gasteiger partial charge in [0.05, 0.1) is 0 Å². The van der Waals surface area contributed by atoms with E-state index in [2.05, 4.69) is 23.2 Å². The first-order chi connectivity index (χ1) is 1.91. The molecule has 0 atom stereocenters. The first kappa shape index (κ1) is 15.7. The fourth-order valence-electron chi connectivity index (χ4n) is 0. The van der Waals surface area contributed by atoms with Crippen molar-refractivity contribution < 1.29 is 0 Å². The first-order valence-electron chi connectivity index (χ1n) is 1.62. The molecule has 0 nitrogen and oxygen atoms in total. The summed E-state index contributed by atoms with van der Waals surface area (Å²) in [7, 11) is 0. The van der Waals surface area contributed by atoms with E-state index in [1.54, 1.807) is 0 Å². The van der Waals surface area contributed by atoms with E-state index in [1.807, 2.05) is 0 Å². The van der Waals surface area contributed by atoms with Gasteiger partial charge >= 0.3 is 0 Å². The Labute approximate surface area is 81.9 Å². The van der Waals surface area contributed by atoms with Crippen molar-refractivity contribution in [1.82, 2.24) is 0 Å². The summed E-state index contributed by atoms with van der Waals surface area (Å²) >= 11 is 2.66. The Balaban J connectivity index is -0.0000000450. The van der Waals surface area contributed by atoms with Gasteiger partial charge in [-0.05, 0) is 0 Å². The predicted molar refractivity (Wildman–Crippen MR) is 51.7 cm³/mol. The molecule has 0 saturated heterocycles. The molecule has 0 aromatic heterocycles. The molecule has 0 fully saturated rings. The molecule has 0 bridgehead atoms. The van der Waals surface area contributed by atoms with Gasteiger partial charge in [-0.25, -0.2) is 0 Å². The van der Waals surface area contributed by atoms with E-state index >= 15 is 0 Å². The monoisotopic (exact) mass is 326 g/mol. The third-order valence-electron chi connectivity index (χ3n) is 0.289. The molecule has 3 heteroatoms. The zero-order chi connectivity index (χ0) is 3.41. The Morgan fingerprint density at radius 3 is 1.50 bits per heavy atom. The molecule has 0 unspecified atom stereocenters. The van der Waals surface area contributed by atoms with Crippen LogP contribution in [0.5, 0.6) is 0 Å². The molecule has 0 saturated carbocycles. The fraction of sp³-hybridized carbons (Fsp3) is 1.00. The predicted octanol–water partition coefficient (Wildman–Crippen LogP) is 2.22. The van der Waals surface area contributed by atoms with Gasteiger partial charge in [-0.3, -0.25) is 0 Å². The van der Waals surface area contributed by atoms with Gasteiger partial charge in [-0.15, -0.1) is 53.2 Å². The van der Waals surface area contributed by atoms with E-state index in [1.165, 1.54) is 11.7 Å². The van der Waals surface area contributed by atoms with Crippen molar-refractivity contribution in [2.24, 2.45) is 0 Å². The highest BCUT2D eigenvalue weighted by molar-refractivity contribution is 14.0. The lowest BCUT2D eigenvalue weighted by Crippen LogP contribution is -1.55. The number of halogens is 2. The average Bonchev–Trinajstić information content (AvgIpc) is 1.37. The van der Waals surface area contributed by atoms with Crippen molar-refractivity contribution in [2.45, 2.75) is 18.6 Å². The van der Waals surface area contributed by atoms with Crippen molar-refractivity contribution in [3.8, 4) is 0 Å². The molecule has 0 amide bonds. The van der Waals surface area contributed by atoms with Crippen LogP contribution < -0.4 is 0 Å². The molecule has 0 aromatic carbocycles. The number of hydrogen-bond acceptors (Lipinski definition) is 0. The summed E-state index contributed by atoms with van der Waals surface area (Å²) in [5, 5.41) is 1.24. The molecule has 0 N–H and O–H groups in total. The maximum absolute atomic E-state index is 2.66. The van der Waals surface area contributed by atoms with E-state index in [4.69, 9.17) is 0 Å². The van der Waals surface area contributed by atoms with Crippen molar-refractivity contribution in [2.75, 3.05) is 0 Å². The summed E-state index contributed by atoms with van der Waals surface area (Å²) < 4.78 is 0. The maximum atomic E-state index is 2.66. The molecule has 0 aromatic rings. The highest BCUT2D eigenvalue weighted by Gasteiger charge is 1.56. The quantitative estimate of drug-likeness (QED) is 0.512. The molecule has 0 aliphatic rings. The molecule has 0 rings (SSSR count). The summed E-state index contributed by atoms with van der Waals surface area (Å²) in [6, 6.07) is 0. The molecule has 0 heterocycles. The Morgan fingerprint density at radius 2 is 1.50 bits per heavy atom. The van der Waals surface area contributed by atoms with Crippen LogP contribution in [0.4, 0.5) is 0 Å². The minimum absolute atomic E-state index is 0. The molecular formula is C3H9AlI2. The normalized spacial score (nSPS) is 4.83. The Kier molecular flexibility index (Phi) is 41.2. The lowest BCUT2D eigenvalue weighted by atomic mass is 10.6. The zero-order valence-electron chi connectivity index (χ0n) is 3.81. The van der Waals surface area contributed by atoms with Gasteiger partial charge in [0.2, 0.25) is 0 Å². The number of rotatable bonds is 1. The van der Waals surface area contributed by atoms with Gasteiger partial charge in [0, 0.05) is 0 Å². The second kappa shape index (κ2) is 15.8. The number of hydrogen-bond donors (Lipinski definition) is 0. The lowest BCUT2D eigenvalue weighted by Gasteiger charge is -1.68.